The van der Waals surface area contributed by atoms with Gasteiger partial charge in [0.15, 0.2) is 0 Å². The van der Waals surface area contributed by atoms with Gasteiger partial charge < -0.3 is 4.98 Å². The first-order valence-corrected chi connectivity index (χ1v) is 3.91. The molecule has 2 nitrogen and oxygen atoms in total. The molecule has 11 heavy (non-hydrogen) atoms. The largest absolute Gasteiger partial charge is 0.350 e. The Morgan fingerprint density at radius 3 is 2.64 bits per heavy atom. The summed E-state index contributed by atoms with van der Waals surface area (Å²) in [5.41, 5.74) is 0.729. The van der Waals surface area contributed by atoms with Crippen LogP contribution in [0.15, 0.2) is 19.0 Å². The minimum absolute atomic E-state index is 0.632. The summed E-state index contributed by atoms with van der Waals surface area (Å²) in [6.07, 6.45) is 4.96. The molecule has 0 unspecified atom stereocenters. The van der Waals surface area contributed by atoms with Crippen LogP contribution < -0.4 is 0 Å². The van der Waals surface area contributed by atoms with Crippen molar-refractivity contribution in [3.05, 3.63) is 29.3 Å². The van der Waals surface area contributed by atoms with Crippen LogP contribution in [0.5, 0.6) is 0 Å². The second-order valence-corrected chi connectivity index (χ2v) is 1.92. The molecule has 0 fully saturated rings. The molecule has 0 spiro atoms. The van der Waals surface area contributed by atoms with E-state index in [0.717, 1.165) is 5.69 Å². The quantitative estimate of drug-likeness (QED) is 0.653. The number of H-pyrrole nitrogens is 1. The van der Waals surface area contributed by atoms with Gasteiger partial charge in [0.2, 0.25) is 0 Å². The lowest BCUT2D eigenvalue weighted by molar-refractivity contribution is 1.16. The van der Waals surface area contributed by atoms with Gasteiger partial charge in [0.1, 0.15) is 4.64 Å². The molecule has 0 atom stereocenters. The fraction of sp³-hybridized carbons (Fsp3) is 0.250. The van der Waals surface area contributed by atoms with Crippen molar-refractivity contribution in [3.63, 3.8) is 0 Å². The highest BCUT2D eigenvalue weighted by Crippen LogP contribution is 1.94. The van der Waals surface area contributed by atoms with Crippen molar-refractivity contribution in [1.82, 2.24) is 9.97 Å². The van der Waals surface area contributed by atoms with Crippen LogP contribution in [0.3, 0.4) is 0 Å². The Hall–Kier alpha value is -0.960. The van der Waals surface area contributed by atoms with Crippen LogP contribution in [-0.4, -0.2) is 9.97 Å². The van der Waals surface area contributed by atoms with E-state index in [2.05, 4.69) is 16.5 Å². The fourth-order valence-electron chi connectivity index (χ4n) is 0.508. The second kappa shape index (κ2) is 5.80. The van der Waals surface area contributed by atoms with E-state index in [-0.39, 0.29) is 0 Å². The highest BCUT2D eigenvalue weighted by atomic mass is 32.1. The van der Waals surface area contributed by atoms with Crippen molar-refractivity contribution in [2.24, 2.45) is 0 Å². The zero-order valence-electron chi connectivity index (χ0n) is 6.79. The molecule has 0 saturated carbocycles. The van der Waals surface area contributed by atoms with Gasteiger partial charge in [0.05, 0.1) is 5.69 Å². The van der Waals surface area contributed by atoms with Gasteiger partial charge in [0, 0.05) is 12.4 Å². The molecule has 3 heteroatoms. The standard InChI is InChI=1S/C6H6N2S.C2H6/c1-2-5-6(9)8-4-3-7-5;1-2/h2-4H,1H2,(H,8,9);1-2H3. The average molecular weight is 168 g/mol. The molecule has 1 rings (SSSR count). The van der Waals surface area contributed by atoms with Crippen LogP contribution in [0, 0.1) is 4.64 Å². The molecule has 0 aromatic carbocycles. The van der Waals surface area contributed by atoms with Crippen LogP contribution >= 0.6 is 12.2 Å². The first kappa shape index (κ1) is 10.0. The Morgan fingerprint density at radius 2 is 2.27 bits per heavy atom. The van der Waals surface area contributed by atoms with E-state index in [1.807, 2.05) is 13.8 Å². The predicted molar refractivity (Wildman–Crippen MR) is 50.9 cm³/mol. The van der Waals surface area contributed by atoms with Gasteiger partial charge in [-0.25, -0.2) is 0 Å². The molecule has 60 valence electrons. The number of nitrogens with zero attached hydrogens (tertiary/aromatic N) is 1. The third kappa shape index (κ3) is 3.09. The molecule has 1 N–H and O–H groups in total. The summed E-state index contributed by atoms with van der Waals surface area (Å²) in [5, 5.41) is 0. The number of rotatable bonds is 1. The minimum atomic E-state index is 0.632. The lowest BCUT2D eigenvalue weighted by Crippen LogP contribution is -1.82. The summed E-state index contributed by atoms with van der Waals surface area (Å²) in [6, 6.07) is 0. The van der Waals surface area contributed by atoms with E-state index in [1.165, 1.54) is 0 Å². The molecular formula is C8H12N2S. The number of hydrogen-bond donors (Lipinski definition) is 1. The maximum Gasteiger partial charge on any atom is 0.129 e. The molecule has 0 bridgehead atoms. The van der Waals surface area contributed by atoms with Crippen molar-refractivity contribution in [1.29, 1.82) is 0 Å². The third-order valence-corrected chi connectivity index (χ3v) is 1.26. The van der Waals surface area contributed by atoms with Crippen LogP contribution in [0.2, 0.25) is 0 Å². The summed E-state index contributed by atoms with van der Waals surface area (Å²) in [7, 11) is 0. The Labute approximate surface area is 72.0 Å². The summed E-state index contributed by atoms with van der Waals surface area (Å²) in [5.74, 6) is 0. The van der Waals surface area contributed by atoms with E-state index in [4.69, 9.17) is 12.2 Å². The van der Waals surface area contributed by atoms with Gasteiger partial charge in [0.25, 0.3) is 0 Å². The minimum Gasteiger partial charge on any atom is -0.350 e. The zero-order valence-corrected chi connectivity index (χ0v) is 7.61. The monoisotopic (exact) mass is 168 g/mol. The molecule has 0 amide bonds. The fourth-order valence-corrected chi connectivity index (χ4v) is 0.713. The smallest absolute Gasteiger partial charge is 0.129 e. The van der Waals surface area contributed by atoms with Gasteiger partial charge in [-0.3, -0.25) is 4.98 Å². The lowest BCUT2D eigenvalue weighted by Gasteiger charge is -1.87. The van der Waals surface area contributed by atoms with Gasteiger partial charge in [-0.2, -0.15) is 0 Å². The Bertz CT molecular complexity index is 265. The molecular weight excluding hydrogens is 156 g/mol. The van der Waals surface area contributed by atoms with E-state index in [0.29, 0.717) is 4.64 Å². The number of aromatic amines is 1. The van der Waals surface area contributed by atoms with E-state index in [1.54, 1.807) is 18.5 Å². The molecule has 0 aliphatic carbocycles. The molecule has 1 heterocycles. The van der Waals surface area contributed by atoms with Crippen LogP contribution in [0.25, 0.3) is 6.08 Å². The molecule has 0 aliphatic rings. The Morgan fingerprint density at radius 1 is 1.64 bits per heavy atom. The maximum atomic E-state index is 4.86. The zero-order chi connectivity index (χ0) is 8.69. The maximum absolute atomic E-state index is 4.86. The summed E-state index contributed by atoms with van der Waals surface area (Å²) < 4.78 is 0.632. The highest BCUT2D eigenvalue weighted by molar-refractivity contribution is 7.71. The molecule has 0 aliphatic heterocycles. The first-order valence-electron chi connectivity index (χ1n) is 3.50. The molecule has 0 radical (unpaired) electrons. The Balaban J connectivity index is 0.000000461. The highest BCUT2D eigenvalue weighted by Gasteiger charge is 1.84. The molecule has 1 aromatic rings. The van der Waals surface area contributed by atoms with Gasteiger partial charge in [-0.05, 0) is 6.08 Å². The van der Waals surface area contributed by atoms with Crippen molar-refractivity contribution >= 4 is 18.3 Å². The average Bonchev–Trinajstić information content (AvgIpc) is 2.09. The van der Waals surface area contributed by atoms with Gasteiger partial charge >= 0.3 is 0 Å². The first-order chi connectivity index (χ1) is 5.34. The number of aromatic nitrogens is 2. The van der Waals surface area contributed by atoms with Crippen LogP contribution in [0.1, 0.15) is 19.5 Å². The van der Waals surface area contributed by atoms with E-state index in [9.17, 15) is 0 Å². The number of hydrogen-bond acceptors (Lipinski definition) is 2. The van der Waals surface area contributed by atoms with Crippen molar-refractivity contribution < 1.29 is 0 Å². The van der Waals surface area contributed by atoms with Gasteiger partial charge in [-0.15, -0.1) is 0 Å². The predicted octanol–water partition coefficient (Wildman–Crippen LogP) is 2.81. The summed E-state index contributed by atoms with van der Waals surface area (Å²) >= 11 is 4.86. The van der Waals surface area contributed by atoms with E-state index < -0.39 is 0 Å². The van der Waals surface area contributed by atoms with Gasteiger partial charge in [-0.1, -0.05) is 32.6 Å². The van der Waals surface area contributed by atoms with Crippen molar-refractivity contribution in [2.45, 2.75) is 13.8 Å². The SMILES string of the molecule is C=Cc1ncc[nH]c1=S.CC. The second-order valence-electron chi connectivity index (χ2n) is 1.51. The van der Waals surface area contributed by atoms with E-state index >= 15 is 0 Å². The topological polar surface area (TPSA) is 28.7 Å². The van der Waals surface area contributed by atoms with Crippen molar-refractivity contribution in [3.8, 4) is 0 Å². The summed E-state index contributed by atoms with van der Waals surface area (Å²) in [4.78, 5) is 6.78. The van der Waals surface area contributed by atoms with Crippen LogP contribution in [0.4, 0.5) is 0 Å². The lowest BCUT2D eigenvalue weighted by atomic mass is 10.4. The molecule has 0 saturated heterocycles. The summed E-state index contributed by atoms with van der Waals surface area (Å²) in [6.45, 7) is 7.54. The normalized spacial score (nSPS) is 7.82. The number of nitrogens with one attached hydrogen (secondary N) is 1. The molecule has 1 aromatic heterocycles. The van der Waals surface area contributed by atoms with Crippen molar-refractivity contribution in [2.75, 3.05) is 0 Å². The Kier molecular flexibility index (Phi) is 5.29. The third-order valence-electron chi connectivity index (χ3n) is 0.929. The van der Waals surface area contributed by atoms with Crippen LogP contribution in [-0.2, 0) is 0 Å².